The zero-order chi connectivity index (χ0) is 22.7. The van der Waals surface area contributed by atoms with Crippen LogP contribution in [0.5, 0.6) is 0 Å². The molecule has 4 rings (SSSR count). The number of aliphatic imine (C=N–C) groups is 1. The number of hydrogen-bond acceptors (Lipinski definition) is 7. The van der Waals surface area contributed by atoms with Crippen LogP contribution in [0.15, 0.2) is 58.2 Å². The van der Waals surface area contributed by atoms with Crippen molar-refractivity contribution in [2.75, 3.05) is 18.5 Å². The van der Waals surface area contributed by atoms with Crippen molar-refractivity contribution in [2.24, 2.45) is 10.7 Å². The van der Waals surface area contributed by atoms with Crippen LogP contribution >= 0.6 is 0 Å². The van der Waals surface area contributed by atoms with E-state index in [4.69, 9.17) is 10.3 Å². The van der Waals surface area contributed by atoms with Crippen LogP contribution in [-0.4, -0.2) is 25.0 Å². The van der Waals surface area contributed by atoms with E-state index in [1.165, 1.54) is 6.20 Å². The summed E-state index contributed by atoms with van der Waals surface area (Å²) in [6.45, 7) is 2.44. The van der Waals surface area contributed by atoms with Crippen LogP contribution in [0.1, 0.15) is 34.9 Å². The molecule has 2 N–H and O–H groups in total. The fraction of sp³-hybridized carbons (Fsp3) is 0.200. The lowest BCUT2D eigenvalue weighted by molar-refractivity contribution is 0.359. The highest BCUT2D eigenvalue weighted by atomic mass is 16.5. The summed E-state index contributed by atoms with van der Waals surface area (Å²) >= 11 is 0. The van der Waals surface area contributed by atoms with Gasteiger partial charge in [-0.25, -0.2) is 0 Å². The first-order valence-corrected chi connectivity index (χ1v) is 10.2. The lowest BCUT2D eigenvalue weighted by atomic mass is 9.94. The molecular weight excluding hydrogens is 400 g/mol. The smallest absolute Gasteiger partial charge is 0.150 e. The zero-order valence-electron chi connectivity index (χ0n) is 17.9. The van der Waals surface area contributed by atoms with Crippen molar-refractivity contribution in [3.05, 3.63) is 71.2 Å². The second-order valence-corrected chi connectivity index (χ2v) is 7.58. The first-order chi connectivity index (χ1) is 15.6. The van der Waals surface area contributed by atoms with Gasteiger partial charge in [0.1, 0.15) is 0 Å². The summed E-state index contributed by atoms with van der Waals surface area (Å²) in [7, 11) is 1.70. The minimum Gasteiger partial charge on any atom is -0.404 e. The Morgan fingerprint density at radius 1 is 1.28 bits per heavy atom. The van der Waals surface area contributed by atoms with Gasteiger partial charge in [0.2, 0.25) is 0 Å². The van der Waals surface area contributed by atoms with E-state index in [2.05, 4.69) is 33.3 Å². The van der Waals surface area contributed by atoms with Crippen LogP contribution in [0, 0.1) is 29.6 Å². The molecule has 0 aliphatic carbocycles. The Morgan fingerprint density at radius 3 is 2.72 bits per heavy atom. The Kier molecular flexibility index (Phi) is 5.74. The maximum Gasteiger partial charge on any atom is 0.150 e. The normalized spacial score (nSPS) is 15.6. The molecule has 0 amide bonds. The van der Waals surface area contributed by atoms with E-state index < -0.39 is 0 Å². The van der Waals surface area contributed by atoms with Crippen molar-refractivity contribution >= 4 is 23.2 Å². The minimum atomic E-state index is -0.163. The summed E-state index contributed by atoms with van der Waals surface area (Å²) in [6, 6.07) is 18.0. The Balaban J connectivity index is 1.97. The van der Waals surface area contributed by atoms with Crippen molar-refractivity contribution < 1.29 is 4.52 Å². The third-order valence-corrected chi connectivity index (χ3v) is 5.65. The van der Waals surface area contributed by atoms with Gasteiger partial charge in [-0.3, -0.25) is 4.99 Å². The van der Waals surface area contributed by atoms with Crippen molar-refractivity contribution in [2.45, 2.75) is 19.3 Å². The SMILES string of the molecule is CN=C/C(=C\N)c1ccc2c(c1)N(c1ccc(C#N)cc1)CC(CC#N)c1onc(C)c1-2. The quantitative estimate of drug-likeness (QED) is 0.611. The Morgan fingerprint density at radius 2 is 2.06 bits per heavy atom. The van der Waals surface area contributed by atoms with Gasteiger partial charge in [-0.15, -0.1) is 0 Å². The maximum absolute atomic E-state index is 9.49. The molecule has 158 valence electrons. The van der Waals surface area contributed by atoms with Gasteiger partial charge in [0, 0.05) is 60.5 Å². The molecular formula is C25H22N6O. The van der Waals surface area contributed by atoms with Crippen LogP contribution in [0.25, 0.3) is 16.7 Å². The molecule has 1 aliphatic heterocycles. The largest absolute Gasteiger partial charge is 0.404 e. The van der Waals surface area contributed by atoms with Gasteiger partial charge in [0.25, 0.3) is 0 Å². The number of rotatable bonds is 4. The molecule has 2 heterocycles. The molecule has 0 radical (unpaired) electrons. The van der Waals surface area contributed by atoms with Crippen LogP contribution in [0.2, 0.25) is 0 Å². The summed E-state index contributed by atoms with van der Waals surface area (Å²) in [5.74, 6) is 0.559. The molecule has 1 unspecified atom stereocenters. The van der Waals surface area contributed by atoms with Crippen molar-refractivity contribution in [1.29, 1.82) is 10.5 Å². The second-order valence-electron chi connectivity index (χ2n) is 7.58. The van der Waals surface area contributed by atoms with Crippen molar-refractivity contribution in [1.82, 2.24) is 5.16 Å². The lowest BCUT2D eigenvalue weighted by Gasteiger charge is -2.28. The highest BCUT2D eigenvalue weighted by molar-refractivity contribution is 6.10. The lowest BCUT2D eigenvalue weighted by Crippen LogP contribution is -2.23. The second kappa shape index (κ2) is 8.79. The Hall–Kier alpha value is -4.36. The number of aromatic nitrogens is 1. The summed E-state index contributed by atoms with van der Waals surface area (Å²) in [5.41, 5.74) is 12.7. The number of hydrogen-bond donors (Lipinski definition) is 1. The number of anilines is 2. The van der Waals surface area contributed by atoms with Gasteiger partial charge in [0.15, 0.2) is 5.76 Å². The third kappa shape index (κ3) is 3.61. The van der Waals surface area contributed by atoms with E-state index in [-0.39, 0.29) is 5.92 Å². The van der Waals surface area contributed by atoms with Gasteiger partial charge in [0.05, 0.1) is 29.3 Å². The van der Waals surface area contributed by atoms with Gasteiger partial charge in [-0.05, 0) is 42.8 Å². The van der Waals surface area contributed by atoms with E-state index in [0.717, 1.165) is 45.1 Å². The first kappa shape index (κ1) is 20.9. The van der Waals surface area contributed by atoms with Crippen LogP contribution in [0.4, 0.5) is 11.4 Å². The van der Waals surface area contributed by atoms with Crippen LogP contribution in [0.3, 0.4) is 0 Å². The maximum atomic E-state index is 9.49. The summed E-state index contributed by atoms with van der Waals surface area (Å²) in [6.07, 6.45) is 3.55. The van der Waals surface area contributed by atoms with Gasteiger partial charge in [-0.2, -0.15) is 10.5 Å². The molecule has 0 saturated carbocycles. The molecule has 7 heteroatoms. The van der Waals surface area contributed by atoms with Crippen molar-refractivity contribution in [3.63, 3.8) is 0 Å². The van der Waals surface area contributed by atoms with Gasteiger partial charge < -0.3 is 15.2 Å². The minimum absolute atomic E-state index is 0.163. The van der Waals surface area contributed by atoms with Gasteiger partial charge >= 0.3 is 0 Å². The zero-order valence-corrected chi connectivity index (χ0v) is 17.9. The molecule has 2 aromatic carbocycles. The monoisotopic (exact) mass is 422 g/mol. The van der Waals surface area contributed by atoms with E-state index in [9.17, 15) is 10.5 Å². The van der Waals surface area contributed by atoms with Crippen molar-refractivity contribution in [3.8, 4) is 23.3 Å². The number of nitriles is 2. The topological polar surface area (TPSA) is 115 Å². The van der Waals surface area contributed by atoms with Gasteiger partial charge in [-0.1, -0.05) is 17.3 Å². The molecule has 0 spiro atoms. The average Bonchev–Trinajstić information content (AvgIpc) is 3.14. The Labute approximate surface area is 186 Å². The molecule has 1 atom stereocenters. The molecule has 0 saturated heterocycles. The fourth-order valence-electron chi connectivity index (χ4n) is 4.12. The molecule has 1 aliphatic rings. The molecule has 7 nitrogen and oxygen atoms in total. The average molecular weight is 422 g/mol. The first-order valence-electron chi connectivity index (χ1n) is 10.2. The summed E-state index contributed by atoms with van der Waals surface area (Å²) in [5, 5.41) is 22.9. The number of allylic oxidation sites excluding steroid dienone is 1. The molecule has 1 aromatic heterocycles. The van der Waals surface area contributed by atoms with E-state index in [1.807, 2.05) is 31.2 Å². The van der Waals surface area contributed by atoms with E-state index in [0.29, 0.717) is 18.5 Å². The van der Waals surface area contributed by atoms with Crippen LogP contribution in [-0.2, 0) is 0 Å². The Bertz CT molecular complexity index is 1290. The molecule has 3 aromatic rings. The van der Waals surface area contributed by atoms with E-state index >= 15 is 0 Å². The number of nitrogens with zero attached hydrogens (tertiary/aromatic N) is 5. The molecule has 0 fully saturated rings. The number of fused-ring (bicyclic) bond motifs is 3. The fourth-order valence-corrected chi connectivity index (χ4v) is 4.12. The number of nitrogens with two attached hydrogens (primary N) is 1. The molecule has 32 heavy (non-hydrogen) atoms. The predicted octanol–water partition coefficient (Wildman–Crippen LogP) is 4.67. The number of aryl methyl sites for hydroxylation is 1. The highest BCUT2D eigenvalue weighted by Gasteiger charge is 2.32. The standard InChI is InChI=1S/C25H22N6O/c1-16-24-22-8-5-18(20(13-28)14-29-2)11-23(22)31(21-6-3-17(12-27)4-7-21)15-19(9-10-26)25(24)32-30-16/h3-8,11,13-14,19H,9,15,28H2,1-2H3/b20-13+,29-14?. The summed E-state index contributed by atoms with van der Waals surface area (Å²) < 4.78 is 5.72. The number of benzene rings is 2. The third-order valence-electron chi connectivity index (χ3n) is 5.65. The summed E-state index contributed by atoms with van der Waals surface area (Å²) in [4.78, 5) is 6.27. The van der Waals surface area contributed by atoms with E-state index in [1.54, 1.807) is 25.4 Å². The predicted molar refractivity (Wildman–Crippen MR) is 124 cm³/mol. The highest BCUT2D eigenvalue weighted by Crippen LogP contribution is 2.46. The van der Waals surface area contributed by atoms with Crippen LogP contribution < -0.4 is 10.6 Å². The molecule has 0 bridgehead atoms.